The Morgan fingerprint density at radius 3 is 2.68 bits per heavy atom. The van der Waals surface area contributed by atoms with E-state index in [9.17, 15) is 14.0 Å². The van der Waals surface area contributed by atoms with Crippen LogP contribution in [0.5, 0.6) is 0 Å². The van der Waals surface area contributed by atoms with Gasteiger partial charge in [-0.25, -0.2) is 4.39 Å². The summed E-state index contributed by atoms with van der Waals surface area (Å²) in [5.74, 6) is -2.08. The summed E-state index contributed by atoms with van der Waals surface area (Å²) in [4.78, 5) is 26.1. The summed E-state index contributed by atoms with van der Waals surface area (Å²) < 4.78 is 13.1. The first-order valence-corrected chi connectivity index (χ1v) is 7.16. The molecular weight excluding hydrogens is 287 g/mol. The van der Waals surface area contributed by atoms with Crippen LogP contribution in [0.25, 0.3) is 10.9 Å². The van der Waals surface area contributed by atoms with E-state index >= 15 is 0 Å². The number of aromatic amines is 1. The number of H-pyrrole nitrogens is 1. The Kier molecular flexibility index (Phi) is 4.80. The van der Waals surface area contributed by atoms with Gasteiger partial charge in [0, 0.05) is 17.4 Å². The van der Waals surface area contributed by atoms with E-state index in [-0.39, 0.29) is 24.0 Å². The summed E-state index contributed by atoms with van der Waals surface area (Å²) in [7, 11) is 0. The number of carbonyl (C=O) groups is 2. The predicted molar refractivity (Wildman–Crippen MR) is 81.2 cm³/mol. The minimum absolute atomic E-state index is 0.0655. The van der Waals surface area contributed by atoms with Crippen LogP contribution in [-0.2, 0) is 4.79 Å². The number of hydrogen-bond donors (Lipinski definition) is 3. The summed E-state index contributed by atoms with van der Waals surface area (Å²) in [5.41, 5.74) is 0.942. The molecular formula is C16H19FN2O3. The predicted octanol–water partition coefficient (Wildman–Crippen LogP) is 2.78. The highest BCUT2D eigenvalue weighted by molar-refractivity contribution is 5.98. The maximum atomic E-state index is 13.1. The molecule has 118 valence electrons. The van der Waals surface area contributed by atoms with Crippen molar-refractivity contribution in [3.63, 3.8) is 0 Å². The van der Waals surface area contributed by atoms with Crippen LogP contribution < -0.4 is 5.32 Å². The van der Waals surface area contributed by atoms with Crippen LogP contribution in [0.2, 0.25) is 0 Å². The highest BCUT2D eigenvalue weighted by Crippen LogP contribution is 2.17. The highest BCUT2D eigenvalue weighted by atomic mass is 19.1. The molecule has 3 N–H and O–H groups in total. The van der Waals surface area contributed by atoms with Crippen molar-refractivity contribution in [1.29, 1.82) is 0 Å². The normalized spacial score (nSPS) is 12.5. The second-order valence-corrected chi connectivity index (χ2v) is 5.79. The molecule has 6 heteroatoms. The smallest absolute Gasteiger partial charge is 0.308 e. The third-order valence-electron chi connectivity index (χ3n) is 3.44. The first kappa shape index (κ1) is 16.0. The van der Waals surface area contributed by atoms with Gasteiger partial charge in [0.15, 0.2) is 0 Å². The first-order valence-electron chi connectivity index (χ1n) is 7.16. The number of aliphatic carboxylic acids is 1. The number of aromatic nitrogens is 1. The fourth-order valence-corrected chi connectivity index (χ4v) is 2.38. The molecule has 0 bridgehead atoms. The molecule has 5 nitrogen and oxygen atoms in total. The lowest BCUT2D eigenvalue weighted by Crippen LogP contribution is -2.33. The summed E-state index contributed by atoms with van der Waals surface area (Å²) in [6.45, 7) is 3.93. The minimum Gasteiger partial charge on any atom is -0.481 e. The van der Waals surface area contributed by atoms with Crippen LogP contribution in [0.15, 0.2) is 24.3 Å². The lowest BCUT2D eigenvalue weighted by atomic mass is 9.97. The van der Waals surface area contributed by atoms with Gasteiger partial charge in [-0.15, -0.1) is 0 Å². The van der Waals surface area contributed by atoms with Gasteiger partial charge in [-0.05, 0) is 36.6 Å². The Morgan fingerprint density at radius 1 is 1.32 bits per heavy atom. The second kappa shape index (κ2) is 6.60. The van der Waals surface area contributed by atoms with Crippen LogP contribution in [0.4, 0.5) is 4.39 Å². The third kappa shape index (κ3) is 3.84. The Morgan fingerprint density at radius 2 is 2.05 bits per heavy atom. The third-order valence-corrected chi connectivity index (χ3v) is 3.44. The average Bonchev–Trinajstić information content (AvgIpc) is 2.85. The molecule has 0 aliphatic heterocycles. The molecule has 1 amide bonds. The van der Waals surface area contributed by atoms with Gasteiger partial charge in [0.25, 0.3) is 5.91 Å². The van der Waals surface area contributed by atoms with E-state index in [2.05, 4.69) is 10.3 Å². The van der Waals surface area contributed by atoms with Crippen molar-refractivity contribution in [3.05, 3.63) is 35.8 Å². The molecule has 1 heterocycles. The highest BCUT2D eigenvalue weighted by Gasteiger charge is 2.20. The zero-order valence-corrected chi connectivity index (χ0v) is 12.5. The largest absolute Gasteiger partial charge is 0.481 e. The van der Waals surface area contributed by atoms with Crippen LogP contribution in [-0.4, -0.2) is 28.5 Å². The topological polar surface area (TPSA) is 82.2 Å². The molecule has 0 fully saturated rings. The molecule has 0 saturated carbocycles. The van der Waals surface area contributed by atoms with Crippen LogP contribution in [0, 0.1) is 17.7 Å². The van der Waals surface area contributed by atoms with E-state index in [0.717, 1.165) is 0 Å². The monoisotopic (exact) mass is 306 g/mol. The van der Waals surface area contributed by atoms with Gasteiger partial charge < -0.3 is 15.4 Å². The number of carboxylic acid groups (broad SMARTS) is 1. The summed E-state index contributed by atoms with van der Waals surface area (Å²) >= 11 is 0. The molecule has 1 aromatic heterocycles. The molecule has 0 spiro atoms. The summed E-state index contributed by atoms with van der Waals surface area (Å²) in [6, 6.07) is 5.75. The number of fused-ring (bicyclic) bond motifs is 1. The lowest BCUT2D eigenvalue weighted by Gasteiger charge is -2.15. The van der Waals surface area contributed by atoms with Gasteiger partial charge in [0.05, 0.1) is 5.92 Å². The maximum Gasteiger partial charge on any atom is 0.308 e. The van der Waals surface area contributed by atoms with Gasteiger partial charge in [-0.1, -0.05) is 13.8 Å². The summed E-state index contributed by atoms with van der Waals surface area (Å²) in [5, 5.41) is 12.4. The zero-order valence-electron chi connectivity index (χ0n) is 12.5. The van der Waals surface area contributed by atoms with Crippen molar-refractivity contribution in [3.8, 4) is 0 Å². The van der Waals surface area contributed by atoms with E-state index in [1.807, 2.05) is 13.8 Å². The molecule has 2 rings (SSSR count). The van der Waals surface area contributed by atoms with Crippen molar-refractivity contribution in [2.45, 2.75) is 20.3 Å². The van der Waals surface area contributed by atoms with Crippen LogP contribution in [0.3, 0.4) is 0 Å². The van der Waals surface area contributed by atoms with Crippen molar-refractivity contribution in [2.24, 2.45) is 11.8 Å². The van der Waals surface area contributed by atoms with Crippen molar-refractivity contribution >= 4 is 22.8 Å². The van der Waals surface area contributed by atoms with E-state index in [1.165, 1.54) is 12.1 Å². The Balaban J connectivity index is 2.05. The van der Waals surface area contributed by atoms with Crippen molar-refractivity contribution in [2.75, 3.05) is 6.54 Å². The van der Waals surface area contributed by atoms with Gasteiger partial charge in [-0.2, -0.15) is 0 Å². The van der Waals surface area contributed by atoms with Gasteiger partial charge in [0.2, 0.25) is 0 Å². The lowest BCUT2D eigenvalue weighted by molar-refractivity contribution is -0.142. The Labute approximate surface area is 127 Å². The molecule has 2 aromatic rings. The van der Waals surface area contributed by atoms with Crippen molar-refractivity contribution < 1.29 is 19.1 Å². The molecule has 22 heavy (non-hydrogen) atoms. The fourth-order valence-electron chi connectivity index (χ4n) is 2.38. The fraction of sp³-hybridized carbons (Fsp3) is 0.375. The average molecular weight is 306 g/mol. The standard InChI is InChI=1S/C16H19FN2O3/c1-9(2)5-11(16(21)22)8-18-15(20)14-7-10-6-12(17)3-4-13(10)19-14/h3-4,6-7,9,11,19H,5,8H2,1-2H3,(H,18,20)(H,21,22). The van der Waals surface area contributed by atoms with Gasteiger partial charge >= 0.3 is 5.97 Å². The van der Waals surface area contributed by atoms with E-state index in [0.29, 0.717) is 17.3 Å². The van der Waals surface area contributed by atoms with E-state index < -0.39 is 17.8 Å². The molecule has 1 aromatic carbocycles. The maximum absolute atomic E-state index is 13.1. The molecule has 0 aliphatic carbocycles. The Hall–Kier alpha value is -2.37. The number of rotatable bonds is 6. The van der Waals surface area contributed by atoms with Gasteiger partial charge in [0.1, 0.15) is 11.5 Å². The van der Waals surface area contributed by atoms with E-state index in [4.69, 9.17) is 5.11 Å². The number of benzene rings is 1. The van der Waals surface area contributed by atoms with Crippen LogP contribution in [0.1, 0.15) is 30.8 Å². The van der Waals surface area contributed by atoms with Gasteiger partial charge in [-0.3, -0.25) is 9.59 Å². The molecule has 0 aliphatic rings. The first-order chi connectivity index (χ1) is 10.4. The number of carbonyl (C=O) groups excluding carboxylic acids is 1. The van der Waals surface area contributed by atoms with E-state index in [1.54, 1.807) is 12.1 Å². The van der Waals surface area contributed by atoms with Crippen LogP contribution >= 0.6 is 0 Å². The number of hydrogen-bond acceptors (Lipinski definition) is 2. The second-order valence-electron chi connectivity index (χ2n) is 5.79. The summed E-state index contributed by atoms with van der Waals surface area (Å²) in [6.07, 6.45) is 0.494. The molecule has 0 radical (unpaired) electrons. The SMILES string of the molecule is CC(C)CC(CNC(=O)c1cc2cc(F)ccc2[nH]1)C(=O)O. The minimum atomic E-state index is -0.923. The Bertz CT molecular complexity index is 694. The number of nitrogens with one attached hydrogen (secondary N) is 2. The molecule has 1 atom stereocenters. The quantitative estimate of drug-likeness (QED) is 0.767. The zero-order chi connectivity index (χ0) is 16.3. The molecule has 0 saturated heterocycles. The number of halogens is 1. The van der Waals surface area contributed by atoms with Crippen molar-refractivity contribution in [1.82, 2.24) is 10.3 Å². The number of carboxylic acids is 1. The molecule has 1 unspecified atom stereocenters. The number of amides is 1.